The molecule has 2 aromatic heterocycles. The summed E-state index contributed by atoms with van der Waals surface area (Å²) in [6.07, 6.45) is 1.58. The van der Waals surface area contributed by atoms with Crippen molar-refractivity contribution in [1.29, 1.82) is 0 Å². The van der Waals surface area contributed by atoms with E-state index in [0.717, 1.165) is 23.3 Å². The van der Waals surface area contributed by atoms with Gasteiger partial charge in [0.1, 0.15) is 10.4 Å². The van der Waals surface area contributed by atoms with E-state index < -0.39 is 5.60 Å². The van der Waals surface area contributed by atoms with Crippen LogP contribution >= 0.6 is 22.9 Å². The van der Waals surface area contributed by atoms with E-state index in [1.54, 1.807) is 17.5 Å². The average Bonchev–Trinajstić information content (AvgIpc) is 2.84. The molecule has 2 fully saturated rings. The Kier molecular flexibility index (Phi) is 3.32. The summed E-state index contributed by atoms with van der Waals surface area (Å²) in [6, 6.07) is 2.16. The Morgan fingerprint density at radius 3 is 2.74 bits per heavy atom. The van der Waals surface area contributed by atoms with Gasteiger partial charge in [0.15, 0.2) is 0 Å². The van der Waals surface area contributed by atoms with Crippen LogP contribution in [0.3, 0.4) is 0 Å². The monoisotopic (exact) mass is 351 g/mol. The minimum atomic E-state index is -0.438. The molecule has 2 aliphatic rings. The second-order valence-corrected chi connectivity index (χ2v) is 8.69. The minimum absolute atomic E-state index is 0.197. The summed E-state index contributed by atoms with van der Waals surface area (Å²) in [4.78, 5) is 24.5. The topological polar surface area (TPSA) is 55.3 Å². The average molecular weight is 352 g/mol. The lowest BCUT2D eigenvalue weighted by atomic mass is 10.2. The van der Waals surface area contributed by atoms with Gasteiger partial charge in [-0.05, 0) is 50.3 Å². The van der Waals surface area contributed by atoms with Crippen LogP contribution in [0, 0.1) is 11.8 Å². The van der Waals surface area contributed by atoms with Crippen molar-refractivity contribution >= 4 is 39.2 Å². The molecule has 0 radical (unpaired) electrons. The number of piperidine rings is 1. The van der Waals surface area contributed by atoms with Gasteiger partial charge in [0.2, 0.25) is 5.28 Å². The predicted molar refractivity (Wildman–Crippen MR) is 90.0 cm³/mol. The first-order valence-electron chi connectivity index (χ1n) is 7.72. The number of thiophene rings is 1. The van der Waals surface area contributed by atoms with Gasteiger partial charge in [-0.15, -0.1) is 11.3 Å². The summed E-state index contributed by atoms with van der Waals surface area (Å²) in [5.74, 6) is 1.62. The number of likely N-dealkylation sites (tertiary alicyclic amines) is 1. The first-order valence-corrected chi connectivity index (χ1v) is 8.91. The van der Waals surface area contributed by atoms with Crippen LogP contribution in [-0.2, 0) is 4.74 Å². The van der Waals surface area contributed by atoms with Crippen LogP contribution < -0.4 is 0 Å². The van der Waals surface area contributed by atoms with Crippen LogP contribution in [0.1, 0.15) is 31.6 Å². The second kappa shape index (κ2) is 5.05. The van der Waals surface area contributed by atoms with Crippen LogP contribution in [0.25, 0.3) is 10.2 Å². The van der Waals surface area contributed by atoms with Crippen LogP contribution in [0.15, 0.2) is 12.3 Å². The molecule has 1 saturated heterocycles. The molecule has 23 heavy (non-hydrogen) atoms. The van der Waals surface area contributed by atoms with Crippen molar-refractivity contribution in [2.75, 3.05) is 13.1 Å². The summed E-state index contributed by atoms with van der Waals surface area (Å²) in [6.45, 7) is 7.26. The van der Waals surface area contributed by atoms with Crippen LogP contribution in [0.2, 0.25) is 5.28 Å². The molecular weight excluding hydrogens is 334 g/mol. The molecule has 0 N–H and O–H groups in total. The van der Waals surface area contributed by atoms with Gasteiger partial charge in [-0.25, -0.2) is 14.8 Å². The molecule has 3 atom stereocenters. The number of hydrogen-bond donors (Lipinski definition) is 0. The highest BCUT2D eigenvalue weighted by Gasteiger charge is 2.58. The highest BCUT2D eigenvalue weighted by molar-refractivity contribution is 7.18. The summed E-state index contributed by atoms with van der Waals surface area (Å²) in [7, 11) is 0. The first kappa shape index (κ1) is 15.1. The normalized spacial score (nSPS) is 26.4. The maximum atomic E-state index is 12.1. The lowest BCUT2D eigenvalue weighted by Gasteiger charge is -2.25. The molecule has 122 valence electrons. The van der Waals surface area contributed by atoms with E-state index in [-0.39, 0.29) is 11.4 Å². The maximum Gasteiger partial charge on any atom is 0.410 e. The zero-order valence-electron chi connectivity index (χ0n) is 13.2. The number of amides is 1. The van der Waals surface area contributed by atoms with Crippen molar-refractivity contribution < 1.29 is 9.53 Å². The number of nitrogens with zero attached hydrogens (tertiary/aromatic N) is 3. The zero-order valence-corrected chi connectivity index (χ0v) is 14.8. The molecule has 1 saturated carbocycles. The van der Waals surface area contributed by atoms with Gasteiger partial charge in [-0.3, -0.25) is 0 Å². The van der Waals surface area contributed by atoms with Crippen molar-refractivity contribution in [2.24, 2.45) is 11.8 Å². The molecule has 0 bridgehead atoms. The van der Waals surface area contributed by atoms with E-state index in [2.05, 4.69) is 16.0 Å². The molecule has 1 unspecified atom stereocenters. The molecule has 0 spiro atoms. The van der Waals surface area contributed by atoms with E-state index >= 15 is 0 Å². The Bertz CT molecular complexity index is 773. The van der Waals surface area contributed by atoms with E-state index in [1.165, 1.54) is 4.88 Å². The zero-order chi connectivity index (χ0) is 16.4. The Morgan fingerprint density at radius 2 is 2.09 bits per heavy atom. The number of hydrogen-bond acceptors (Lipinski definition) is 5. The van der Waals surface area contributed by atoms with Gasteiger partial charge in [-0.2, -0.15) is 0 Å². The van der Waals surface area contributed by atoms with Crippen molar-refractivity contribution in [1.82, 2.24) is 14.9 Å². The summed E-state index contributed by atoms with van der Waals surface area (Å²) < 4.78 is 5.45. The lowest BCUT2D eigenvalue weighted by Crippen LogP contribution is -2.36. The third-order valence-corrected chi connectivity index (χ3v) is 5.77. The Morgan fingerprint density at radius 1 is 1.39 bits per heavy atom. The van der Waals surface area contributed by atoms with Gasteiger partial charge < -0.3 is 9.64 Å². The number of rotatable bonds is 1. The molecule has 1 aliphatic carbocycles. The van der Waals surface area contributed by atoms with Crippen LogP contribution in [0.4, 0.5) is 4.79 Å². The lowest BCUT2D eigenvalue weighted by molar-refractivity contribution is 0.0271. The number of carbonyl (C=O) groups excluding carboxylic acids is 1. The summed E-state index contributed by atoms with van der Waals surface area (Å²) in [5.41, 5.74) is -0.438. The Hall–Kier alpha value is -1.40. The van der Waals surface area contributed by atoms with E-state index in [4.69, 9.17) is 16.3 Å². The molecule has 7 heteroatoms. The highest BCUT2D eigenvalue weighted by Crippen LogP contribution is 2.60. The number of aromatic nitrogens is 2. The van der Waals surface area contributed by atoms with Crippen molar-refractivity contribution in [3.63, 3.8) is 0 Å². The molecule has 4 rings (SSSR count). The van der Waals surface area contributed by atoms with Crippen molar-refractivity contribution in [3.05, 3.63) is 22.4 Å². The standard InChI is InChI=1S/C16H18ClN3O2S/c1-16(2,3)22-15(21)20-6-9-10(7-20)12(9)11-4-8-5-18-14(17)19-13(8)23-11/h4-5,9-10,12H,6-7H2,1-3H3/t9-,10+,12?. The second-order valence-electron chi connectivity index (χ2n) is 7.29. The van der Waals surface area contributed by atoms with Crippen molar-refractivity contribution in [2.45, 2.75) is 32.3 Å². The largest absolute Gasteiger partial charge is 0.444 e. The summed E-state index contributed by atoms with van der Waals surface area (Å²) >= 11 is 7.54. The van der Waals surface area contributed by atoms with Gasteiger partial charge >= 0.3 is 6.09 Å². The van der Waals surface area contributed by atoms with Gasteiger partial charge in [-0.1, -0.05) is 0 Å². The van der Waals surface area contributed by atoms with Gasteiger partial charge in [0.05, 0.1) is 0 Å². The van der Waals surface area contributed by atoms with Gasteiger partial charge in [0, 0.05) is 35.5 Å². The smallest absolute Gasteiger partial charge is 0.410 e. The molecule has 2 aromatic rings. The molecule has 1 aliphatic heterocycles. The Balaban J connectivity index is 1.44. The fraction of sp³-hybridized carbons (Fsp3) is 0.562. The number of carbonyl (C=O) groups is 1. The number of fused-ring (bicyclic) bond motifs is 2. The van der Waals surface area contributed by atoms with Crippen LogP contribution in [-0.4, -0.2) is 39.7 Å². The molecule has 1 amide bonds. The number of halogens is 1. The fourth-order valence-electron chi connectivity index (χ4n) is 3.42. The highest BCUT2D eigenvalue weighted by atomic mass is 35.5. The minimum Gasteiger partial charge on any atom is -0.444 e. The van der Waals surface area contributed by atoms with Crippen molar-refractivity contribution in [3.8, 4) is 0 Å². The van der Waals surface area contributed by atoms with E-state index in [1.807, 2.05) is 25.7 Å². The van der Waals surface area contributed by atoms with Crippen LogP contribution in [0.5, 0.6) is 0 Å². The SMILES string of the molecule is CC(C)(C)OC(=O)N1C[C@@H]2C(c3cc4cnc(Cl)nc4s3)[C@@H]2C1. The van der Waals surface area contributed by atoms with E-state index in [9.17, 15) is 4.79 Å². The predicted octanol–water partition coefficient (Wildman–Crippen LogP) is 3.93. The fourth-order valence-corrected chi connectivity index (χ4v) is 4.86. The Labute approximate surface area is 143 Å². The maximum absolute atomic E-state index is 12.1. The third-order valence-electron chi connectivity index (χ3n) is 4.44. The van der Waals surface area contributed by atoms with E-state index in [0.29, 0.717) is 17.8 Å². The van der Waals surface area contributed by atoms with Gasteiger partial charge in [0.25, 0.3) is 0 Å². The quantitative estimate of drug-likeness (QED) is 0.730. The molecule has 0 aromatic carbocycles. The first-order chi connectivity index (χ1) is 10.8. The summed E-state index contributed by atoms with van der Waals surface area (Å²) in [5, 5.41) is 1.33. The number of ether oxygens (including phenoxy) is 1. The molecule has 3 heterocycles. The molecular formula is C16H18ClN3O2S. The third kappa shape index (κ3) is 2.78. The molecule has 5 nitrogen and oxygen atoms in total.